The third kappa shape index (κ3) is 5.46. The topological polar surface area (TPSA) is 87.7 Å². The van der Waals surface area contributed by atoms with E-state index in [-0.39, 0.29) is 5.69 Å². The van der Waals surface area contributed by atoms with E-state index in [0.717, 1.165) is 12.1 Å². The highest BCUT2D eigenvalue weighted by Gasteiger charge is 2.30. The molecule has 0 spiro atoms. The molecule has 0 bridgehead atoms. The Bertz CT molecular complexity index is 487. The lowest BCUT2D eigenvalue weighted by molar-refractivity contribution is -0.274. The number of carbonyl (C=O) groups excluding carboxylic acids is 1. The van der Waals surface area contributed by atoms with Crippen LogP contribution in [0.4, 0.5) is 23.7 Å². The van der Waals surface area contributed by atoms with Crippen molar-refractivity contribution in [1.29, 1.82) is 0 Å². The number of hydrogen-bond donors (Lipinski definition) is 3. The highest BCUT2D eigenvalue weighted by molar-refractivity contribution is 5.92. The normalized spacial score (nSPS) is 12.4. The molecule has 0 aromatic heterocycles. The van der Waals surface area contributed by atoms with Gasteiger partial charge in [0.15, 0.2) is 0 Å². The molecule has 0 aliphatic rings. The van der Waals surface area contributed by atoms with Crippen LogP contribution in [0.25, 0.3) is 0 Å². The fourth-order valence-corrected chi connectivity index (χ4v) is 1.17. The van der Waals surface area contributed by atoms with Crippen LogP contribution in [0.5, 0.6) is 5.75 Å². The summed E-state index contributed by atoms with van der Waals surface area (Å²) in [5.74, 6) is -1.64. The minimum Gasteiger partial charge on any atom is -0.480 e. The number of carboxylic acid groups (broad SMARTS) is 1. The van der Waals surface area contributed by atoms with E-state index in [1.807, 2.05) is 0 Å². The molecule has 1 aromatic rings. The molecule has 1 atom stereocenters. The molecule has 1 rings (SSSR count). The molecule has 110 valence electrons. The number of urea groups is 1. The Balaban J connectivity index is 2.57. The van der Waals surface area contributed by atoms with Gasteiger partial charge in [-0.1, -0.05) is 0 Å². The van der Waals surface area contributed by atoms with E-state index < -0.39 is 30.2 Å². The van der Waals surface area contributed by atoms with Gasteiger partial charge in [-0.15, -0.1) is 13.2 Å². The van der Waals surface area contributed by atoms with E-state index in [0.29, 0.717) is 0 Å². The van der Waals surface area contributed by atoms with E-state index >= 15 is 0 Å². The number of carbonyl (C=O) groups is 2. The molecule has 6 nitrogen and oxygen atoms in total. The predicted molar refractivity (Wildman–Crippen MR) is 62.4 cm³/mol. The van der Waals surface area contributed by atoms with Gasteiger partial charge in [0.2, 0.25) is 0 Å². The lowest BCUT2D eigenvalue weighted by Gasteiger charge is -2.12. The van der Waals surface area contributed by atoms with Gasteiger partial charge >= 0.3 is 18.4 Å². The Morgan fingerprint density at radius 2 is 1.80 bits per heavy atom. The van der Waals surface area contributed by atoms with E-state index in [1.54, 1.807) is 0 Å². The highest BCUT2D eigenvalue weighted by atomic mass is 19.4. The summed E-state index contributed by atoms with van der Waals surface area (Å²) in [6, 6.07) is 2.53. The summed E-state index contributed by atoms with van der Waals surface area (Å²) in [7, 11) is 0. The van der Waals surface area contributed by atoms with Crippen LogP contribution in [0.3, 0.4) is 0 Å². The zero-order chi connectivity index (χ0) is 15.3. The number of aliphatic carboxylic acids is 1. The minimum absolute atomic E-state index is 0.189. The molecule has 20 heavy (non-hydrogen) atoms. The van der Waals surface area contributed by atoms with Crippen molar-refractivity contribution in [2.24, 2.45) is 0 Å². The average molecular weight is 292 g/mol. The maximum Gasteiger partial charge on any atom is 0.573 e. The van der Waals surface area contributed by atoms with Crippen LogP contribution in [0.2, 0.25) is 0 Å². The zero-order valence-electron chi connectivity index (χ0n) is 10.2. The number of rotatable bonds is 4. The first-order chi connectivity index (χ1) is 9.17. The highest BCUT2D eigenvalue weighted by Crippen LogP contribution is 2.23. The van der Waals surface area contributed by atoms with E-state index in [9.17, 15) is 22.8 Å². The van der Waals surface area contributed by atoms with Gasteiger partial charge in [-0.3, -0.25) is 4.79 Å². The summed E-state index contributed by atoms with van der Waals surface area (Å²) in [5.41, 5.74) is 0.189. The molecule has 9 heteroatoms. The van der Waals surface area contributed by atoms with Gasteiger partial charge in [0.25, 0.3) is 0 Å². The van der Waals surface area contributed by atoms with Crippen molar-refractivity contribution in [2.45, 2.75) is 19.3 Å². The van der Waals surface area contributed by atoms with Crippen molar-refractivity contribution in [3.8, 4) is 5.75 Å². The molecule has 3 N–H and O–H groups in total. The number of benzene rings is 1. The largest absolute Gasteiger partial charge is 0.573 e. The number of amides is 2. The molecule has 0 saturated carbocycles. The Morgan fingerprint density at radius 1 is 1.25 bits per heavy atom. The number of alkyl halides is 3. The monoisotopic (exact) mass is 292 g/mol. The summed E-state index contributed by atoms with van der Waals surface area (Å²) in [6.45, 7) is 1.27. The van der Waals surface area contributed by atoms with Crippen molar-refractivity contribution in [2.75, 3.05) is 5.32 Å². The van der Waals surface area contributed by atoms with Gasteiger partial charge in [0.1, 0.15) is 11.8 Å². The molecule has 0 unspecified atom stereocenters. The summed E-state index contributed by atoms with van der Waals surface area (Å²) >= 11 is 0. The number of carboxylic acids is 1. The van der Waals surface area contributed by atoms with Crippen molar-refractivity contribution in [3.05, 3.63) is 24.3 Å². The minimum atomic E-state index is -4.79. The van der Waals surface area contributed by atoms with Crippen LogP contribution in [-0.4, -0.2) is 29.5 Å². The second kappa shape index (κ2) is 6.13. The fourth-order valence-electron chi connectivity index (χ4n) is 1.17. The Hall–Kier alpha value is -2.45. The van der Waals surface area contributed by atoms with E-state index in [4.69, 9.17) is 5.11 Å². The van der Waals surface area contributed by atoms with Gasteiger partial charge in [-0.2, -0.15) is 0 Å². The summed E-state index contributed by atoms with van der Waals surface area (Å²) in [5, 5.41) is 13.0. The first-order valence-corrected chi connectivity index (χ1v) is 5.33. The quantitative estimate of drug-likeness (QED) is 0.793. The van der Waals surface area contributed by atoms with Gasteiger partial charge < -0.3 is 20.5 Å². The van der Waals surface area contributed by atoms with Gasteiger partial charge in [0.05, 0.1) is 0 Å². The number of halogens is 3. The second-order valence-electron chi connectivity index (χ2n) is 3.73. The summed E-state index contributed by atoms with van der Waals surface area (Å²) in [4.78, 5) is 21.8. The molecule has 0 aliphatic heterocycles. The van der Waals surface area contributed by atoms with Crippen molar-refractivity contribution >= 4 is 17.7 Å². The molecule has 0 saturated heterocycles. The Morgan fingerprint density at radius 3 is 2.25 bits per heavy atom. The molecule has 0 aliphatic carbocycles. The number of anilines is 1. The first kappa shape index (κ1) is 15.6. The smallest absolute Gasteiger partial charge is 0.480 e. The van der Waals surface area contributed by atoms with Crippen LogP contribution in [0, 0.1) is 0 Å². The third-order valence-electron chi connectivity index (χ3n) is 2.06. The van der Waals surface area contributed by atoms with Crippen LogP contribution < -0.4 is 15.4 Å². The second-order valence-corrected chi connectivity index (χ2v) is 3.73. The molecule has 1 aromatic carbocycles. The molecule has 0 radical (unpaired) electrons. The number of hydrogen-bond acceptors (Lipinski definition) is 3. The Kier molecular flexibility index (Phi) is 4.78. The van der Waals surface area contributed by atoms with Crippen molar-refractivity contribution in [3.63, 3.8) is 0 Å². The molecule has 0 fully saturated rings. The lowest BCUT2D eigenvalue weighted by Crippen LogP contribution is -2.40. The van der Waals surface area contributed by atoms with Gasteiger partial charge in [-0.05, 0) is 31.2 Å². The van der Waals surface area contributed by atoms with Crippen molar-refractivity contribution in [1.82, 2.24) is 5.32 Å². The lowest BCUT2D eigenvalue weighted by atomic mass is 10.3. The van der Waals surface area contributed by atoms with Crippen LogP contribution >= 0.6 is 0 Å². The first-order valence-electron chi connectivity index (χ1n) is 5.33. The van der Waals surface area contributed by atoms with E-state index in [2.05, 4.69) is 15.4 Å². The van der Waals surface area contributed by atoms with Crippen LogP contribution in [0.1, 0.15) is 6.92 Å². The molecular weight excluding hydrogens is 281 g/mol. The number of nitrogens with one attached hydrogen (secondary N) is 2. The average Bonchev–Trinajstić information content (AvgIpc) is 2.29. The third-order valence-corrected chi connectivity index (χ3v) is 2.06. The van der Waals surface area contributed by atoms with Crippen LogP contribution in [-0.2, 0) is 4.79 Å². The standard InChI is InChI=1S/C11H11F3N2O4/c1-6(9(17)18)15-10(19)16-7-2-4-8(5-3-7)20-11(12,13)14/h2-6H,1H3,(H,17,18)(H2,15,16,19)/t6-/m0/s1. The maximum absolute atomic E-state index is 11.9. The summed E-state index contributed by atoms with van der Waals surface area (Å²) in [6.07, 6.45) is -4.79. The fraction of sp³-hybridized carbons (Fsp3) is 0.273. The van der Waals surface area contributed by atoms with Crippen LogP contribution in [0.15, 0.2) is 24.3 Å². The van der Waals surface area contributed by atoms with Gasteiger partial charge in [-0.25, -0.2) is 4.79 Å². The van der Waals surface area contributed by atoms with Crippen molar-refractivity contribution < 1.29 is 32.6 Å². The maximum atomic E-state index is 11.9. The number of ether oxygens (including phenoxy) is 1. The summed E-state index contributed by atoms with van der Waals surface area (Å²) < 4.78 is 39.4. The SMILES string of the molecule is C[C@H](NC(=O)Nc1ccc(OC(F)(F)F)cc1)C(=O)O. The zero-order valence-corrected chi connectivity index (χ0v) is 10.2. The predicted octanol–water partition coefficient (Wildman–Crippen LogP) is 2.18. The Labute approximate surface area is 111 Å². The van der Waals surface area contributed by atoms with E-state index in [1.165, 1.54) is 19.1 Å². The molecule has 0 heterocycles. The molecular formula is C11H11F3N2O4. The molecule has 2 amide bonds. The van der Waals surface area contributed by atoms with Gasteiger partial charge in [0, 0.05) is 5.69 Å².